The summed E-state index contributed by atoms with van der Waals surface area (Å²) in [6.07, 6.45) is 5.60. The van der Waals surface area contributed by atoms with E-state index in [-0.39, 0.29) is 22.9 Å². The normalized spacial score (nSPS) is 15.1. The summed E-state index contributed by atoms with van der Waals surface area (Å²) in [6, 6.07) is 7.23. The number of urea groups is 1. The molecule has 3 N–H and O–H groups in total. The summed E-state index contributed by atoms with van der Waals surface area (Å²) in [5.41, 5.74) is 3.86. The molecule has 41 heavy (non-hydrogen) atoms. The summed E-state index contributed by atoms with van der Waals surface area (Å²) in [7, 11) is 3.31. The van der Waals surface area contributed by atoms with E-state index in [9.17, 15) is 14.4 Å². The smallest absolute Gasteiger partial charge is 0.320 e. The zero-order chi connectivity index (χ0) is 29.1. The Bertz CT molecular complexity index is 1650. The molecule has 0 radical (unpaired) electrons. The minimum Gasteiger partial charge on any atom is -0.346 e. The number of fused-ring (bicyclic) bond motifs is 1. The van der Waals surface area contributed by atoms with Crippen LogP contribution in [-0.4, -0.2) is 65.1 Å². The number of pyridine rings is 2. The van der Waals surface area contributed by atoms with Gasteiger partial charge in [-0.15, -0.1) is 11.3 Å². The van der Waals surface area contributed by atoms with E-state index in [4.69, 9.17) is 0 Å². The van der Waals surface area contributed by atoms with E-state index < -0.39 is 0 Å². The molecule has 1 aromatic carbocycles. The lowest BCUT2D eigenvalue weighted by Gasteiger charge is -2.25. The predicted octanol–water partition coefficient (Wildman–Crippen LogP) is 4.34. The van der Waals surface area contributed by atoms with Crippen LogP contribution in [0.5, 0.6) is 0 Å². The maximum absolute atomic E-state index is 13.7. The topological polar surface area (TPSA) is 121 Å². The molecule has 3 amide bonds. The minimum absolute atomic E-state index is 0.152. The second-order valence-corrected chi connectivity index (χ2v) is 11.4. The summed E-state index contributed by atoms with van der Waals surface area (Å²) >= 11 is 1.50. The molecule has 1 fully saturated rings. The van der Waals surface area contributed by atoms with Crippen LogP contribution in [0.4, 0.5) is 10.6 Å². The molecule has 0 spiro atoms. The predicted molar refractivity (Wildman–Crippen MR) is 164 cm³/mol. The number of piperidine rings is 1. The van der Waals surface area contributed by atoms with Crippen LogP contribution >= 0.6 is 11.3 Å². The van der Waals surface area contributed by atoms with E-state index in [1.165, 1.54) is 16.2 Å². The van der Waals surface area contributed by atoms with Gasteiger partial charge in [-0.1, -0.05) is 6.07 Å². The Kier molecular flexibility index (Phi) is 8.46. The average Bonchev–Trinajstić information content (AvgIpc) is 3.40. The first kappa shape index (κ1) is 28.4. The van der Waals surface area contributed by atoms with Gasteiger partial charge in [-0.25, -0.2) is 14.8 Å². The molecular formula is C30H35N7O3S. The Balaban J connectivity index is 1.65. The van der Waals surface area contributed by atoms with Crippen molar-refractivity contribution in [3.8, 4) is 21.7 Å². The first-order chi connectivity index (χ1) is 19.7. The number of hydrogen-bond acceptors (Lipinski definition) is 7. The highest BCUT2D eigenvalue weighted by atomic mass is 32.1. The van der Waals surface area contributed by atoms with Crippen LogP contribution in [0, 0.1) is 12.8 Å². The molecule has 214 valence electrons. The number of hydrogen-bond donors (Lipinski definition) is 3. The van der Waals surface area contributed by atoms with Gasteiger partial charge >= 0.3 is 6.03 Å². The van der Waals surface area contributed by atoms with Gasteiger partial charge in [0.05, 0.1) is 5.52 Å². The largest absolute Gasteiger partial charge is 0.346 e. The molecule has 5 rings (SSSR count). The third-order valence-electron chi connectivity index (χ3n) is 7.21. The number of carbonyl (C=O) groups is 2. The molecule has 1 atom stereocenters. The third kappa shape index (κ3) is 6.15. The maximum atomic E-state index is 13.7. The second kappa shape index (κ2) is 12.2. The first-order valence-electron chi connectivity index (χ1n) is 13.8. The lowest BCUT2D eigenvalue weighted by Crippen LogP contribution is -2.33. The lowest BCUT2D eigenvalue weighted by molar-refractivity contribution is 0.0825. The first-order valence-corrected chi connectivity index (χ1v) is 14.7. The molecular weight excluding hydrogens is 538 g/mol. The van der Waals surface area contributed by atoms with E-state index in [0.717, 1.165) is 58.8 Å². The van der Waals surface area contributed by atoms with E-state index in [1.54, 1.807) is 32.6 Å². The number of aryl methyl sites for hydroxylation is 1. The van der Waals surface area contributed by atoms with Gasteiger partial charge in [-0.2, -0.15) is 0 Å². The van der Waals surface area contributed by atoms with Crippen LogP contribution in [0.3, 0.4) is 0 Å². The van der Waals surface area contributed by atoms with Crippen molar-refractivity contribution >= 4 is 40.0 Å². The van der Waals surface area contributed by atoms with Gasteiger partial charge in [0.15, 0.2) is 0 Å². The molecule has 0 aliphatic carbocycles. The summed E-state index contributed by atoms with van der Waals surface area (Å²) in [5.74, 6) is 0.482. The van der Waals surface area contributed by atoms with Crippen molar-refractivity contribution in [2.24, 2.45) is 5.92 Å². The molecule has 3 aromatic heterocycles. The van der Waals surface area contributed by atoms with Crippen LogP contribution < -0.4 is 21.4 Å². The maximum Gasteiger partial charge on any atom is 0.320 e. The van der Waals surface area contributed by atoms with Crippen molar-refractivity contribution in [3.05, 3.63) is 63.5 Å². The van der Waals surface area contributed by atoms with E-state index in [0.29, 0.717) is 30.2 Å². The van der Waals surface area contributed by atoms with Gasteiger partial charge in [-0.05, 0) is 69.5 Å². The summed E-state index contributed by atoms with van der Waals surface area (Å²) < 4.78 is 2.05. The Morgan fingerprint density at radius 2 is 2.05 bits per heavy atom. The number of amides is 3. The molecule has 4 heterocycles. The summed E-state index contributed by atoms with van der Waals surface area (Å²) in [6.45, 7) is 6.90. The number of nitrogens with zero attached hydrogens (tertiary/aromatic N) is 4. The molecule has 11 heteroatoms. The standard InChI is InChI=1S/C30H35N7O3S/c1-5-32-30(40)35-26-12-21(28-34-18(2)17-41-28)23(14-33-26)20-8-9-25-22(11-20)27(38)24(29(39)36(3)4)16-37(25)15-19-7-6-10-31-13-19/h8-9,11-12,14,16-17,19,31H,5-7,10,13,15H2,1-4H3,(H2,32,33,35,40)/t19-/m1/s1. The Morgan fingerprint density at radius 1 is 1.22 bits per heavy atom. The number of aromatic nitrogens is 3. The van der Waals surface area contributed by atoms with Crippen LogP contribution in [-0.2, 0) is 6.54 Å². The molecule has 0 unspecified atom stereocenters. The Labute approximate surface area is 242 Å². The molecule has 0 saturated carbocycles. The van der Waals surface area contributed by atoms with E-state index in [1.807, 2.05) is 37.4 Å². The van der Waals surface area contributed by atoms with Crippen molar-refractivity contribution in [1.29, 1.82) is 0 Å². The molecule has 1 saturated heterocycles. The van der Waals surface area contributed by atoms with Crippen molar-refractivity contribution in [2.75, 3.05) is 39.0 Å². The zero-order valence-electron chi connectivity index (χ0n) is 23.8. The summed E-state index contributed by atoms with van der Waals surface area (Å²) in [4.78, 5) is 49.6. The van der Waals surface area contributed by atoms with Gasteiger partial charge in [0.25, 0.3) is 5.91 Å². The van der Waals surface area contributed by atoms with Gasteiger partial charge in [-0.3, -0.25) is 14.9 Å². The van der Waals surface area contributed by atoms with Crippen molar-refractivity contribution in [3.63, 3.8) is 0 Å². The van der Waals surface area contributed by atoms with Crippen LogP contribution in [0.1, 0.15) is 35.8 Å². The van der Waals surface area contributed by atoms with Gasteiger partial charge in [0, 0.05) is 67.2 Å². The van der Waals surface area contributed by atoms with E-state index >= 15 is 0 Å². The summed E-state index contributed by atoms with van der Waals surface area (Å²) in [5, 5.41) is 12.2. The minimum atomic E-state index is -0.341. The number of carbonyl (C=O) groups excluding carboxylic acids is 2. The van der Waals surface area contributed by atoms with Crippen molar-refractivity contribution in [1.82, 2.24) is 30.1 Å². The highest BCUT2D eigenvalue weighted by Gasteiger charge is 2.21. The van der Waals surface area contributed by atoms with E-state index in [2.05, 4.69) is 30.5 Å². The number of anilines is 1. The van der Waals surface area contributed by atoms with Gasteiger partial charge in [0.1, 0.15) is 16.4 Å². The van der Waals surface area contributed by atoms with Crippen LogP contribution in [0.2, 0.25) is 0 Å². The molecule has 1 aliphatic heterocycles. The monoisotopic (exact) mass is 573 g/mol. The molecule has 10 nitrogen and oxygen atoms in total. The lowest BCUT2D eigenvalue weighted by atomic mass is 9.97. The SMILES string of the molecule is CCNC(=O)Nc1cc(-c2nc(C)cs2)c(-c2ccc3c(c2)c(=O)c(C(=O)N(C)C)cn3C[C@@H]2CCCNC2)cn1. The van der Waals surface area contributed by atoms with Crippen molar-refractivity contribution < 1.29 is 9.59 Å². The van der Waals surface area contributed by atoms with Gasteiger partial charge < -0.3 is 20.1 Å². The number of rotatable bonds is 7. The fraction of sp³-hybridized carbons (Fsp3) is 0.367. The number of benzene rings is 1. The van der Waals surface area contributed by atoms with Gasteiger partial charge in [0.2, 0.25) is 5.43 Å². The van der Waals surface area contributed by atoms with Crippen LogP contribution in [0.15, 0.2) is 46.8 Å². The fourth-order valence-electron chi connectivity index (χ4n) is 5.20. The zero-order valence-corrected chi connectivity index (χ0v) is 24.6. The quantitative estimate of drug-likeness (QED) is 0.303. The Hall–Kier alpha value is -4.09. The molecule has 0 bridgehead atoms. The molecule has 1 aliphatic rings. The molecule has 4 aromatic rings. The van der Waals surface area contributed by atoms with Crippen LogP contribution in [0.25, 0.3) is 32.6 Å². The number of thiazole rings is 1. The van der Waals surface area contributed by atoms with Crippen molar-refractivity contribution in [2.45, 2.75) is 33.2 Å². The third-order valence-corrected chi connectivity index (χ3v) is 8.21. The number of nitrogens with one attached hydrogen (secondary N) is 3. The average molecular weight is 574 g/mol. The highest BCUT2D eigenvalue weighted by molar-refractivity contribution is 7.13. The second-order valence-electron chi connectivity index (χ2n) is 10.6. The Morgan fingerprint density at radius 3 is 2.73 bits per heavy atom. The fourth-order valence-corrected chi connectivity index (χ4v) is 6.02. The highest BCUT2D eigenvalue weighted by Crippen LogP contribution is 2.36.